The van der Waals surface area contributed by atoms with Gasteiger partial charge in [0, 0.05) is 41.0 Å². The lowest BCUT2D eigenvalue weighted by Crippen LogP contribution is -2.20. The van der Waals surface area contributed by atoms with Gasteiger partial charge in [0.15, 0.2) is 0 Å². The summed E-state index contributed by atoms with van der Waals surface area (Å²) in [5.74, 6) is 1.34. The number of aromatic nitrogens is 2. The number of nitrogens with zero attached hydrogens (tertiary/aromatic N) is 2. The molecule has 1 aliphatic rings. The molecule has 8 heteroatoms. The first kappa shape index (κ1) is 21.8. The Balaban J connectivity index is 0.000000207. The molecule has 6 N–H and O–H groups in total. The number of carbonyl (C=O) groups is 1. The van der Waals surface area contributed by atoms with Crippen LogP contribution in [0.4, 0.5) is 16.3 Å². The molecule has 4 rings (SSSR count). The molecular formula is C23H26N6O2. The van der Waals surface area contributed by atoms with Crippen molar-refractivity contribution in [3.8, 4) is 5.75 Å². The summed E-state index contributed by atoms with van der Waals surface area (Å²) in [7, 11) is 0. The van der Waals surface area contributed by atoms with E-state index in [2.05, 4.69) is 33.5 Å². The number of nitrogens with one attached hydrogen (secondary N) is 2. The Hall–Kier alpha value is -3.94. The number of primary amides is 1. The van der Waals surface area contributed by atoms with Crippen LogP contribution < -0.4 is 21.5 Å². The number of benzene rings is 1. The van der Waals surface area contributed by atoms with E-state index in [1.807, 2.05) is 13.0 Å². The molecule has 0 saturated heterocycles. The van der Waals surface area contributed by atoms with Gasteiger partial charge in [-0.3, -0.25) is 15.7 Å². The lowest BCUT2D eigenvalue weighted by molar-refractivity contribution is 0.259. The summed E-state index contributed by atoms with van der Waals surface area (Å²) in [5, 5.41) is 10.5. The van der Waals surface area contributed by atoms with E-state index in [0.717, 1.165) is 18.1 Å². The third-order valence-corrected chi connectivity index (χ3v) is 4.71. The highest BCUT2D eigenvalue weighted by atomic mass is 16.5. The molecule has 31 heavy (non-hydrogen) atoms. The van der Waals surface area contributed by atoms with Gasteiger partial charge in [-0.25, -0.2) is 9.78 Å². The zero-order chi connectivity index (χ0) is 22.2. The average Bonchev–Trinajstić information content (AvgIpc) is 2.99. The van der Waals surface area contributed by atoms with Gasteiger partial charge < -0.3 is 16.2 Å². The van der Waals surface area contributed by atoms with Crippen LogP contribution in [0.2, 0.25) is 0 Å². The Morgan fingerprint density at radius 2 is 1.97 bits per heavy atom. The molecule has 0 bridgehead atoms. The predicted octanol–water partition coefficient (Wildman–Crippen LogP) is 3.68. The summed E-state index contributed by atoms with van der Waals surface area (Å²) in [6.45, 7) is 2.73. The van der Waals surface area contributed by atoms with Crippen molar-refractivity contribution in [2.75, 3.05) is 17.7 Å². The maximum absolute atomic E-state index is 10.7. The first-order chi connectivity index (χ1) is 14.9. The molecule has 3 heterocycles. The van der Waals surface area contributed by atoms with E-state index in [9.17, 15) is 4.79 Å². The van der Waals surface area contributed by atoms with Gasteiger partial charge in [-0.05, 0) is 49.9 Å². The molecule has 8 nitrogen and oxygen atoms in total. The number of ether oxygens (including phenoxy) is 1. The SMILES string of the molecule is Cc1cc(C(=N)c2cnc(NC(N)=O)cc2N)ccn1.c1ccc2c(c1)CCCCO2. The van der Waals surface area contributed by atoms with E-state index in [0.29, 0.717) is 16.8 Å². The third kappa shape index (κ3) is 6.02. The average molecular weight is 419 g/mol. The van der Waals surface area contributed by atoms with Gasteiger partial charge in [0.2, 0.25) is 0 Å². The van der Waals surface area contributed by atoms with Crippen LogP contribution in [0.15, 0.2) is 54.9 Å². The zero-order valence-corrected chi connectivity index (χ0v) is 17.4. The topological polar surface area (TPSA) is 140 Å². The number of nitrogens with two attached hydrogens (primary N) is 2. The number of hydrogen-bond donors (Lipinski definition) is 4. The Kier molecular flexibility index (Phi) is 7.16. The fourth-order valence-corrected chi connectivity index (χ4v) is 3.18. The van der Waals surface area contributed by atoms with Crippen LogP contribution in [0, 0.1) is 12.3 Å². The van der Waals surface area contributed by atoms with Crippen LogP contribution in [0.3, 0.4) is 0 Å². The van der Waals surface area contributed by atoms with E-state index in [1.54, 1.807) is 18.3 Å². The highest BCUT2D eigenvalue weighted by Gasteiger charge is 2.11. The molecule has 0 fully saturated rings. The lowest BCUT2D eigenvalue weighted by atomic mass is 10.0. The Bertz CT molecular complexity index is 1060. The van der Waals surface area contributed by atoms with Crippen LogP contribution >= 0.6 is 0 Å². The maximum atomic E-state index is 10.7. The molecule has 0 unspecified atom stereocenters. The minimum absolute atomic E-state index is 0.242. The molecule has 0 atom stereocenters. The maximum Gasteiger partial charge on any atom is 0.317 e. The first-order valence-corrected chi connectivity index (χ1v) is 9.98. The molecule has 1 aromatic carbocycles. The second-order valence-electron chi connectivity index (χ2n) is 7.12. The fourth-order valence-electron chi connectivity index (χ4n) is 3.18. The second kappa shape index (κ2) is 10.2. The van der Waals surface area contributed by atoms with Gasteiger partial charge in [0.05, 0.1) is 12.3 Å². The smallest absolute Gasteiger partial charge is 0.317 e. The highest BCUT2D eigenvalue weighted by molar-refractivity contribution is 6.13. The van der Waals surface area contributed by atoms with E-state index in [-0.39, 0.29) is 11.5 Å². The van der Waals surface area contributed by atoms with Crippen LogP contribution in [0.1, 0.15) is 35.2 Å². The zero-order valence-electron chi connectivity index (χ0n) is 17.4. The van der Waals surface area contributed by atoms with E-state index < -0.39 is 6.03 Å². The Labute approximate surface area is 181 Å². The summed E-state index contributed by atoms with van der Waals surface area (Å²) >= 11 is 0. The molecule has 2 aromatic heterocycles. The standard InChI is InChI=1S/C13H14N6O.C10H12O/c1-7-4-8(2-3-17-7)12(15)9-6-18-11(5-10(9)14)19-13(16)20;1-2-7-10-9(5-1)6-3-4-8-11-10/h2-6,15H,1H3,(H5,14,16,18,19,20);1-2,5,7H,3-4,6,8H2. The normalized spacial score (nSPS) is 12.3. The summed E-state index contributed by atoms with van der Waals surface area (Å²) in [4.78, 5) is 18.8. The predicted molar refractivity (Wildman–Crippen MR) is 122 cm³/mol. The van der Waals surface area contributed by atoms with Crippen LogP contribution in [0.25, 0.3) is 0 Å². The van der Waals surface area contributed by atoms with Gasteiger partial charge in [0.25, 0.3) is 0 Å². The number of nitrogen functional groups attached to an aromatic ring is 1. The van der Waals surface area contributed by atoms with Crippen molar-refractivity contribution in [3.05, 3.63) is 77.2 Å². The summed E-state index contributed by atoms with van der Waals surface area (Å²) in [5.41, 5.74) is 14.8. The van der Waals surface area contributed by atoms with Crippen LogP contribution in [-0.4, -0.2) is 28.3 Å². The van der Waals surface area contributed by atoms with Crippen molar-refractivity contribution in [2.24, 2.45) is 5.73 Å². The van der Waals surface area contributed by atoms with Gasteiger partial charge >= 0.3 is 6.03 Å². The lowest BCUT2D eigenvalue weighted by Gasteiger charge is -2.09. The molecule has 0 spiro atoms. The minimum atomic E-state index is -0.718. The summed E-state index contributed by atoms with van der Waals surface area (Å²) < 4.78 is 5.55. The molecule has 0 aliphatic carbocycles. The van der Waals surface area contributed by atoms with Crippen LogP contribution in [-0.2, 0) is 6.42 Å². The minimum Gasteiger partial charge on any atom is -0.493 e. The number of hydrogen-bond acceptors (Lipinski definition) is 6. The van der Waals surface area contributed by atoms with E-state index in [4.69, 9.17) is 21.6 Å². The van der Waals surface area contributed by atoms with Crippen molar-refractivity contribution in [1.29, 1.82) is 5.41 Å². The third-order valence-electron chi connectivity index (χ3n) is 4.71. The molecule has 0 saturated carbocycles. The number of carbonyl (C=O) groups excluding carboxylic acids is 1. The van der Waals surface area contributed by atoms with Crippen molar-refractivity contribution < 1.29 is 9.53 Å². The van der Waals surface area contributed by atoms with Crippen LogP contribution in [0.5, 0.6) is 5.75 Å². The number of anilines is 2. The second-order valence-corrected chi connectivity index (χ2v) is 7.12. The van der Waals surface area contributed by atoms with Crippen molar-refractivity contribution in [2.45, 2.75) is 26.2 Å². The molecule has 160 valence electrons. The molecule has 3 aromatic rings. The number of aryl methyl sites for hydroxylation is 2. The van der Waals surface area contributed by atoms with Crippen molar-refractivity contribution >= 4 is 23.2 Å². The largest absolute Gasteiger partial charge is 0.493 e. The highest BCUT2D eigenvalue weighted by Crippen LogP contribution is 2.23. The van der Waals surface area contributed by atoms with Gasteiger partial charge in [-0.1, -0.05) is 18.2 Å². The van der Waals surface area contributed by atoms with Gasteiger partial charge in [0.1, 0.15) is 11.6 Å². The van der Waals surface area contributed by atoms with Crippen molar-refractivity contribution in [3.63, 3.8) is 0 Å². The molecular weight excluding hydrogens is 392 g/mol. The quantitative estimate of drug-likeness (QED) is 0.480. The van der Waals surface area contributed by atoms with Crippen molar-refractivity contribution in [1.82, 2.24) is 9.97 Å². The van der Waals surface area contributed by atoms with E-state index in [1.165, 1.54) is 37.1 Å². The Morgan fingerprint density at radius 3 is 2.71 bits per heavy atom. The monoisotopic (exact) mass is 418 g/mol. The molecule has 2 amide bonds. The number of amides is 2. The summed E-state index contributed by atoms with van der Waals surface area (Å²) in [6.07, 6.45) is 6.69. The molecule has 0 radical (unpaired) electrons. The number of urea groups is 1. The van der Waals surface area contributed by atoms with Gasteiger partial charge in [-0.2, -0.15) is 0 Å². The Morgan fingerprint density at radius 1 is 1.16 bits per heavy atom. The van der Waals surface area contributed by atoms with Gasteiger partial charge in [-0.15, -0.1) is 0 Å². The number of rotatable bonds is 3. The fraction of sp³-hybridized carbons (Fsp3) is 0.217. The number of para-hydroxylation sites is 1. The number of pyridine rings is 2. The first-order valence-electron chi connectivity index (χ1n) is 9.98. The van der Waals surface area contributed by atoms with E-state index >= 15 is 0 Å². The number of fused-ring (bicyclic) bond motifs is 1. The summed E-state index contributed by atoms with van der Waals surface area (Å²) in [6, 6.07) is 12.6. The molecule has 1 aliphatic heterocycles.